The largest absolute Gasteiger partial charge is 0.444 e. The molecule has 96 valence electrons. The third-order valence-corrected chi connectivity index (χ3v) is 3.16. The van der Waals surface area contributed by atoms with E-state index in [4.69, 9.17) is 4.74 Å². The Morgan fingerprint density at radius 2 is 2.12 bits per heavy atom. The lowest BCUT2D eigenvalue weighted by Crippen LogP contribution is -2.64. The lowest BCUT2D eigenvalue weighted by Gasteiger charge is -2.45. The Morgan fingerprint density at radius 1 is 1.41 bits per heavy atom. The van der Waals surface area contributed by atoms with Crippen LogP contribution in [0, 0.1) is 0 Å². The fraction of sp³-hybridized carbons (Fsp3) is 0.833. The zero-order valence-electron chi connectivity index (χ0n) is 10.7. The quantitative estimate of drug-likeness (QED) is 0.693. The van der Waals surface area contributed by atoms with Gasteiger partial charge in [0.05, 0.1) is 6.04 Å². The van der Waals surface area contributed by atoms with Crippen LogP contribution in [-0.2, 0) is 9.53 Å². The average molecular weight is 240 g/mol. The first kappa shape index (κ1) is 12.2. The number of amides is 2. The number of carbonyl (C=O) groups excluding carboxylic acids is 2. The van der Waals surface area contributed by atoms with Crippen molar-refractivity contribution < 1.29 is 14.3 Å². The van der Waals surface area contributed by atoms with Crippen LogP contribution >= 0.6 is 0 Å². The van der Waals surface area contributed by atoms with Gasteiger partial charge in [0.15, 0.2) is 0 Å². The third-order valence-electron chi connectivity index (χ3n) is 3.16. The molecular formula is C12H20N2O3. The van der Waals surface area contributed by atoms with E-state index in [0.717, 1.165) is 19.3 Å². The van der Waals surface area contributed by atoms with Crippen LogP contribution in [0.15, 0.2) is 0 Å². The second-order valence-electron chi connectivity index (χ2n) is 5.73. The molecule has 0 aromatic carbocycles. The van der Waals surface area contributed by atoms with E-state index in [1.54, 1.807) is 4.90 Å². The molecule has 1 N–H and O–H groups in total. The molecule has 2 saturated heterocycles. The molecule has 0 saturated carbocycles. The highest BCUT2D eigenvalue weighted by molar-refractivity contribution is 5.87. The molecule has 2 fully saturated rings. The highest BCUT2D eigenvalue weighted by atomic mass is 16.6. The fourth-order valence-electron chi connectivity index (χ4n) is 2.46. The van der Waals surface area contributed by atoms with Crippen LogP contribution in [0.3, 0.4) is 0 Å². The summed E-state index contributed by atoms with van der Waals surface area (Å²) in [6.45, 7) is 6.06. The molecule has 5 heteroatoms. The van der Waals surface area contributed by atoms with Gasteiger partial charge in [-0.2, -0.15) is 0 Å². The summed E-state index contributed by atoms with van der Waals surface area (Å²) in [5.74, 6) is -0.0493. The van der Waals surface area contributed by atoms with Gasteiger partial charge in [0.2, 0.25) is 5.91 Å². The minimum atomic E-state index is -0.515. The van der Waals surface area contributed by atoms with E-state index in [-0.39, 0.29) is 24.1 Å². The minimum Gasteiger partial charge on any atom is -0.444 e. The van der Waals surface area contributed by atoms with Gasteiger partial charge in [0, 0.05) is 6.54 Å². The summed E-state index contributed by atoms with van der Waals surface area (Å²) >= 11 is 0. The summed E-state index contributed by atoms with van der Waals surface area (Å²) in [6.07, 6.45) is 2.32. The highest BCUT2D eigenvalue weighted by Gasteiger charge is 2.43. The van der Waals surface area contributed by atoms with E-state index >= 15 is 0 Å². The van der Waals surface area contributed by atoms with Crippen LogP contribution in [0.25, 0.3) is 0 Å². The van der Waals surface area contributed by atoms with Crippen molar-refractivity contribution in [3.05, 3.63) is 0 Å². The van der Waals surface area contributed by atoms with E-state index in [1.165, 1.54) is 0 Å². The van der Waals surface area contributed by atoms with Gasteiger partial charge < -0.3 is 10.1 Å². The molecule has 2 bridgehead atoms. The molecule has 0 spiro atoms. The maximum Gasteiger partial charge on any atom is 0.411 e. The van der Waals surface area contributed by atoms with E-state index < -0.39 is 5.60 Å². The molecule has 0 aromatic heterocycles. The van der Waals surface area contributed by atoms with Gasteiger partial charge in [-0.25, -0.2) is 4.79 Å². The van der Waals surface area contributed by atoms with Gasteiger partial charge in [-0.1, -0.05) is 0 Å². The maximum absolute atomic E-state index is 12.1. The summed E-state index contributed by atoms with van der Waals surface area (Å²) in [6, 6.07) is -0.237. The highest BCUT2D eigenvalue weighted by Crippen LogP contribution is 2.27. The van der Waals surface area contributed by atoms with Gasteiger partial charge in [0.25, 0.3) is 0 Å². The Labute approximate surface area is 101 Å². The number of piperazine rings is 1. The van der Waals surface area contributed by atoms with Crippen molar-refractivity contribution in [2.45, 2.75) is 57.7 Å². The molecule has 2 heterocycles. The number of fused-ring (bicyclic) bond motifs is 2. The van der Waals surface area contributed by atoms with Crippen molar-refractivity contribution in [3.8, 4) is 0 Å². The Balaban J connectivity index is 2.13. The van der Waals surface area contributed by atoms with E-state index in [0.29, 0.717) is 6.54 Å². The Hall–Kier alpha value is -1.26. The van der Waals surface area contributed by atoms with Gasteiger partial charge in [-0.15, -0.1) is 0 Å². The van der Waals surface area contributed by atoms with Crippen LogP contribution in [0.1, 0.15) is 40.0 Å². The summed E-state index contributed by atoms with van der Waals surface area (Å²) in [7, 11) is 0. The average Bonchev–Trinajstić information content (AvgIpc) is 2.21. The number of hydrogen-bond acceptors (Lipinski definition) is 3. The van der Waals surface area contributed by atoms with Gasteiger partial charge >= 0.3 is 6.09 Å². The first-order valence-corrected chi connectivity index (χ1v) is 6.17. The molecular weight excluding hydrogens is 220 g/mol. The monoisotopic (exact) mass is 240 g/mol. The SMILES string of the molecule is CC(C)(C)OC(=O)N1[C@H]2CCC[C@@H]1C(=O)NC2. The number of carbonyl (C=O) groups is 2. The topological polar surface area (TPSA) is 58.6 Å². The summed E-state index contributed by atoms with van der Waals surface area (Å²) in [5, 5.41) is 2.84. The van der Waals surface area contributed by atoms with Gasteiger partial charge in [-0.05, 0) is 40.0 Å². The van der Waals surface area contributed by atoms with Crippen molar-refractivity contribution in [2.24, 2.45) is 0 Å². The Morgan fingerprint density at radius 3 is 2.76 bits per heavy atom. The number of piperidine rings is 1. The van der Waals surface area contributed by atoms with Crippen LogP contribution in [0.5, 0.6) is 0 Å². The number of ether oxygens (including phenoxy) is 1. The molecule has 0 radical (unpaired) electrons. The van der Waals surface area contributed by atoms with E-state index in [9.17, 15) is 9.59 Å². The molecule has 0 unspecified atom stereocenters. The lowest BCUT2D eigenvalue weighted by molar-refractivity contribution is -0.133. The predicted octanol–water partition coefficient (Wildman–Crippen LogP) is 1.27. The van der Waals surface area contributed by atoms with Crippen molar-refractivity contribution in [1.29, 1.82) is 0 Å². The number of nitrogens with zero attached hydrogens (tertiary/aromatic N) is 1. The van der Waals surface area contributed by atoms with E-state index in [1.807, 2.05) is 20.8 Å². The first-order chi connectivity index (χ1) is 7.88. The molecule has 0 aliphatic carbocycles. The maximum atomic E-state index is 12.1. The second kappa shape index (κ2) is 4.20. The Kier molecular flexibility index (Phi) is 3.02. The molecule has 2 aliphatic heterocycles. The van der Waals surface area contributed by atoms with Crippen LogP contribution in [-0.4, -0.2) is 41.1 Å². The number of nitrogens with one attached hydrogen (secondary N) is 1. The smallest absolute Gasteiger partial charge is 0.411 e. The molecule has 0 aromatic rings. The van der Waals surface area contributed by atoms with Crippen molar-refractivity contribution >= 4 is 12.0 Å². The van der Waals surface area contributed by atoms with Crippen LogP contribution in [0.2, 0.25) is 0 Å². The lowest BCUT2D eigenvalue weighted by atomic mass is 9.92. The molecule has 17 heavy (non-hydrogen) atoms. The molecule has 2 aliphatic rings. The van der Waals surface area contributed by atoms with Gasteiger partial charge in [0.1, 0.15) is 11.6 Å². The van der Waals surface area contributed by atoms with E-state index in [2.05, 4.69) is 5.32 Å². The van der Waals surface area contributed by atoms with Crippen molar-refractivity contribution in [3.63, 3.8) is 0 Å². The van der Waals surface area contributed by atoms with Crippen LogP contribution in [0.4, 0.5) is 4.79 Å². The van der Waals surface area contributed by atoms with Crippen molar-refractivity contribution in [2.75, 3.05) is 6.54 Å². The standard InChI is InChI=1S/C12H20N2O3/c1-12(2,3)17-11(16)14-8-5-4-6-9(14)10(15)13-7-8/h8-9H,4-7H2,1-3H3,(H,13,15)/t8-,9+/m0/s1. The first-order valence-electron chi connectivity index (χ1n) is 6.17. The molecule has 5 nitrogen and oxygen atoms in total. The van der Waals surface area contributed by atoms with Crippen molar-refractivity contribution in [1.82, 2.24) is 10.2 Å². The van der Waals surface area contributed by atoms with Gasteiger partial charge in [-0.3, -0.25) is 9.69 Å². The Bertz CT molecular complexity index is 335. The normalized spacial score (nSPS) is 28.6. The minimum absolute atomic E-state index is 0.0493. The predicted molar refractivity (Wildman–Crippen MR) is 62.5 cm³/mol. The third kappa shape index (κ3) is 2.53. The fourth-order valence-corrected chi connectivity index (χ4v) is 2.46. The van der Waals surface area contributed by atoms with Crippen LogP contribution < -0.4 is 5.32 Å². The molecule has 2 amide bonds. The summed E-state index contributed by atoms with van der Waals surface area (Å²) in [4.78, 5) is 25.5. The summed E-state index contributed by atoms with van der Waals surface area (Å²) < 4.78 is 5.37. The zero-order valence-corrected chi connectivity index (χ0v) is 10.7. The number of rotatable bonds is 0. The number of hydrogen-bond donors (Lipinski definition) is 1. The second-order valence-corrected chi connectivity index (χ2v) is 5.73. The zero-order chi connectivity index (χ0) is 12.6. The summed E-state index contributed by atoms with van der Waals surface area (Å²) in [5.41, 5.74) is -0.515. The molecule has 2 rings (SSSR count). The molecule has 2 atom stereocenters.